The van der Waals surface area contributed by atoms with Crippen LogP contribution in [0.25, 0.3) is 0 Å². The Labute approximate surface area is 120 Å². The van der Waals surface area contributed by atoms with Gasteiger partial charge in [-0.25, -0.2) is 4.39 Å². The standard InChI is InChI=1S/C12H14BrFN2O.ClH/c1-15-9-4-5-16(7-9)12(17)10-3-2-8(14)6-11(10)13;/h2-3,6,9,15H,4-5,7H2,1H3;1H. The lowest BCUT2D eigenvalue weighted by atomic mass is 10.2. The largest absolute Gasteiger partial charge is 0.337 e. The van der Waals surface area contributed by atoms with Crippen LogP contribution in [0.15, 0.2) is 22.7 Å². The summed E-state index contributed by atoms with van der Waals surface area (Å²) in [5.41, 5.74) is 0.517. The third-order valence-corrected chi connectivity index (χ3v) is 3.70. The van der Waals surface area contributed by atoms with Crippen LogP contribution < -0.4 is 5.32 Å². The quantitative estimate of drug-likeness (QED) is 0.899. The molecule has 6 heteroatoms. The number of hydrogen-bond acceptors (Lipinski definition) is 2. The van der Waals surface area contributed by atoms with Crippen molar-refractivity contribution >= 4 is 34.2 Å². The first-order valence-electron chi connectivity index (χ1n) is 5.53. The van der Waals surface area contributed by atoms with Crippen LogP contribution in [0.3, 0.4) is 0 Å². The molecule has 0 saturated carbocycles. The van der Waals surface area contributed by atoms with Crippen LogP contribution in [-0.2, 0) is 0 Å². The summed E-state index contributed by atoms with van der Waals surface area (Å²) in [5, 5.41) is 3.16. The van der Waals surface area contributed by atoms with Gasteiger partial charge in [-0.3, -0.25) is 4.79 Å². The Bertz CT molecular complexity index is 444. The number of nitrogens with one attached hydrogen (secondary N) is 1. The van der Waals surface area contributed by atoms with Gasteiger partial charge in [-0.05, 0) is 47.6 Å². The Hall–Kier alpha value is -0.650. The summed E-state index contributed by atoms with van der Waals surface area (Å²) in [7, 11) is 1.90. The molecule has 1 N–H and O–H groups in total. The van der Waals surface area contributed by atoms with E-state index in [0.29, 0.717) is 22.6 Å². The molecule has 1 aromatic carbocycles. The summed E-state index contributed by atoms with van der Waals surface area (Å²) in [6.07, 6.45) is 0.959. The lowest BCUT2D eigenvalue weighted by Crippen LogP contribution is -2.33. The van der Waals surface area contributed by atoms with E-state index in [9.17, 15) is 9.18 Å². The smallest absolute Gasteiger partial charge is 0.255 e. The molecule has 0 bridgehead atoms. The zero-order chi connectivity index (χ0) is 12.4. The fourth-order valence-electron chi connectivity index (χ4n) is 2.01. The lowest BCUT2D eigenvalue weighted by molar-refractivity contribution is 0.0789. The van der Waals surface area contributed by atoms with Crippen molar-refractivity contribution in [3.8, 4) is 0 Å². The minimum atomic E-state index is -0.344. The number of benzene rings is 1. The number of likely N-dealkylation sites (N-methyl/N-ethyl adjacent to an activating group) is 1. The van der Waals surface area contributed by atoms with E-state index in [-0.39, 0.29) is 24.1 Å². The summed E-state index contributed by atoms with van der Waals surface area (Å²) >= 11 is 3.22. The molecule has 3 nitrogen and oxygen atoms in total. The van der Waals surface area contributed by atoms with Crippen molar-refractivity contribution in [2.75, 3.05) is 20.1 Å². The minimum Gasteiger partial charge on any atom is -0.337 e. The van der Waals surface area contributed by atoms with E-state index in [2.05, 4.69) is 21.2 Å². The molecule has 1 saturated heterocycles. The maximum Gasteiger partial charge on any atom is 0.255 e. The number of halogens is 3. The number of hydrogen-bond donors (Lipinski definition) is 1. The van der Waals surface area contributed by atoms with Gasteiger partial charge >= 0.3 is 0 Å². The van der Waals surface area contributed by atoms with Gasteiger partial charge in [0.2, 0.25) is 0 Å². The lowest BCUT2D eigenvalue weighted by Gasteiger charge is -2.17. The maximum absolute atomic E-state index is 12.9. The van der Waals surface area contributed by atoms with Crippen molar-refractivity contribution in [3.63, 3.8) is 0 Å². The molecule has 2 rings (SSSR count). The Kier molecular flexibility index (Phi) is 5.56. The van der Waals surface area contributed by atoms with Crippen LogP contribution in [0.1, 0.15) is 16.8 Å². The summed E-state index contributed by atoms with van der Waals surface area (Å²) < 4.78 is 13.4. The third-order valence-electron chi connectivity index (χ3n) is 3.05. The zero-order valence-electron chi connectivity index (χ0n) is 9.95. The molecule has 1 amide bonds. The monoisotopic (exact) mass is 336 g/mol. The predicted octanol–water partition coefficient (Wildman–Crippen LogP) is 2.44. The second-order valence-electron chi connectivity index (χ2n) is 4.15. The highest BCUT2D eigenvalue weighted by molar-refractivity contribution is 9.10. The highest BCUT2D eigenvalue weighted by atomic mass is 79.9. The van der Waals surface area contributed by atoms with Crippen LogP contribution in [0.4, 0.5) is 4.39 Å². The van der Waals surface area contributed by atoms with Gasteiger partial charge in [-0.1, -0.05) is 0 Å². The fourth-order valence-corrected chi connectivity index (χ4v) is 2.53. The third kappa shape index (κ3) is 3.22. The second kappa shape index (κ2) is 6.50. The van der Waals surface area contributed by atoms with Crippen LogP contribution in [0.5, 0.6) is 0 Å². The molecule has 18 heavy (non-hydrogen) atoms. The van der Waals surface area contributed by atoms with Crippen LogP contribution >= 0.6 is 28.3 Å². The average Bonchev–Trinajstić information content (AvgIpc) is 2.76. The highest BCUT2D eigenvalue weighted by Gasteiger charge is 2.26. The number of likely N-dealkylation sites (tertiary alicyclic amines) is 1. The van der Waals surface area contributed by atoms with Crippen LogP contribution in [0.2, 0.25) is 0 Å². The number of amides is 1. The molecule has 1 unspecified atom stereocenters. The summed E-state index contributed by atoms with van der Waals surface area (Å²) in [6, 6.07) is 4.51. The van der Waals surface area contributed by atoms with Gasteiger partial charge in [0.15, 0.2) is 0 Å². The van der Waals surface area contributed by atoms with E-state index in [1.807, 2.05) is 7.05 Å². The SMILES string of the molecule is CNC1CCN(C(=O)c2ccc(F)cc2Br)C1.Cl. The Balaban J connectivity index is 0.00000162. The molecule has 100 valence electrons. The zero-order valence-corrected chi connectivity index (χ0v) is 12.4. The normalized spacial score (nSPS) is 18.6. The summed E-state index contributed by atoms with van der Waals surface area (Å²) in [5.74, 6) is -0.391. The average molecular weight is 338 g/mol. The minimum absolute atomic E-state index is 0. The predicted molar refractivity (Wildman–Crippen MR) is 74.7 cm³/mol. The van der Waals surface area contributed by atoms with Crippen molar-refractivity contribution in [2.24, 2.45) is 0 Å². The number of nitrogens with zero attached hydrogens (tertiary/aromatic N) is 1. The van der Waals surface area contributed by atoms with E-state index < -0.39 is 0 Å². The van der Waals surface area contributed by atoms with Gasteiger partial charge in [-0.2, -0.15) is 0 Å². The van der Waals surface area contributed by atoms with Crippen molar-refractivity contribution in [1.29, 1.82) is 0 Å². The summed E-state index contributed by atoms with van der Waals surface area (Å²) in [6.45, 7) is 1.45. The van der Waals surface area contributed by atoms with E-state index >= 15 is 0 Å². The molecule has 1 aliphatic rings. The van der Waals surface area contributed by atoms with Gasteiger partial charge in [0, 0.05) is 23.6 Å². The van der Waals surface area contributed by atoms with Crippen LogP contribution in [-0.4, -0.2) is 37.0 Å². The van der Waals surface area contributed by atoms with Gasteiger partial charge in [0.25, 0.3) is 5.91 Å². The molecule has 1 atom stereocenters. The molecule has 1 heterocycles. The van der Waals surface area contributed by atoms with Gasteiger partial charge in [-0.15, -0.1) is 12.4 Å². The fraction of sp³-hybridized carbons (Fsp3) is 0.417. The summed E-state index contributed by atoms with van der Waals surface area (Å²) in [4.78, 5) is 14.0. The van der Waals surface area contributed by atoms with Crippen molar-refractivity contribution < 1.29 is 9.18 Å². The maximum atomic E-state index is 12.9. The highest BCUT2D eigenvalue weighted by Crippen LogP contribution is 2.21. The van der Waals surface area contributed by atoms with Gasteiger partial charge < -0.3 is 10.2 Å². The van der Waals surface area contributed by atoms with E-state index in [1.54, 1.807) is 4.90 Å². The van der Waals surface area contributed by atoms with Crippen LogP contribution in [0, 0.1) is 5.82 Å². The number of carbonyl (C=O) groups is 1. The first-order valence-corrected chi connectivity index (χ1v) is 6.32. The van der Waals surface area contributed by atoms with Crippen molar-refractivity contribution in [1.82, 2.24) is 10.2 Å². The molecular weight excluding hydrogens is 322 g/mol. The molecule has 0 aliphatic carbocycles. The second-order valence-corrected chi connectivity index (χ2v) is 5.00. The van der Waals surface area contributed by atoms with Crippen molar-refractivity contribution in [3.05, 3.63) is 34.1 Å². The van der Waals surface area contributed by atoms with E-state index in [4.69, 9.17) is 0 Å². The van der Waals surface area contributed by atoms with Gasteiger partial charge in [0.1, 0.15) is 5.82 Å². The number of rotatable bonds is 2. The molecule has 1 aliphatic heterocycles. The van der Waals surface area contributed by atoms with Gasteiger partial charge in [0.05, 0.1) is 5.56 Å². The molecule has 1 fully saturated rings. The first-order chi connectivity index (χ1) is 8.11. The molecular formula is C12H15BrClFN2O. The van der Waals surface area contributed by atoms with Crippen molar-refractivity contribution in [2.45, 2.75) is 12.5 Å². The number of carbonyl (C=O) groups excluding carboxylic acids is 1. The molecule has 1 aromatic rings. The Morgan fingerprint density at radius 2 is 2.28 bits per heavy atom. The molecule has 0 aromatic heterocycles. The first kappa shape index (κ1) is 15.4. The van der Waals surface area contributed by atoms with E-state index in [1.165, 1.54) is 18.2 Å². The molecule has 0 spiro atoms. The molecule has 0 radical (unpaired) electrons. The topological polar surface area (TPSA) is 32.3 Å². The Morgan fingerprint density at radius 3 is 2.83 bits per heavy atom. The van der Waals surface area contributed by atoms with E-state index in [0.717, 1.165) is 13.0 Å². The Morgan fingerprint density at radius 1 is 1.56 bits per heavy atom.